The Bertz CT molecular complexity index is 457. The van der Waals surface area contributed by atoms with Crippen LogP contribution in [0.3, 0.4) is 0 Å². The minimum atomic E-state index is -0.0399. The number of carbonyl (C=O) groups excluding carboxylic acids is 1. The summed E-state index contributed by atoms with van der Waals surface area (Å²) < 4.78 is 0. The van der Waals surface area contributed by atoms with Crippen molar-refractivity contribution in [2.24, 2.45) is 5.92 Å². The lowest BCUT2D eigenvalue weighted by Gasteiger charge is -2.17. The number of unbranched alkanes of at least 4 members (excludes halogenated alkanes) is 1. The Morgan fingerprint density at radius 3 is 2.57 bits per heavy atom. The third-order valence-corrected chi connectivity index (χ3v) is 3.87. The average molecular weight is 291 g/mol. The Labute approximate surface area is 128 Å². The number of carbonyl (C=O) groups is 1. The quantitative estimate of drug-likeness (QED) is 0.723. The molecule has 21 heavy (non-hydrogen) atoms. The number of nitrogens with two attached hydrogens (primary N) is 1. The van der Waals surface area contributed by atoms with E-state index in [1.165, 1.54) is 19.3 Å². The van der Waals surface area contributed by atoms with Gasteiger partial charge in [0, 0.05) is 26.2 Å². The molecule has 0 radical (unpaired) electrons. The number of nitrogens with one attached hydrogen (secondary N) is 1. The lowest BCUT2D eigenvalue weighted by atomic mass is 9.99. The molecule has 0 aromatic heterocycles. The van der Waals surface area contributed by atoms with E-state index in [1.54, 1.807) is 6.07 Å². The average Bonchev–Trinajstić information content (AvgIpc) is 2.46. The summed E-state index contributed by atoms with van der Waals surface area (Å²) in [5.41, 5.74) is 8.18. The SMILES string of the molecule is CCCCC(CC)CNC(=O)c1ccc(N(C)C)c(N)c1. The molecule has 1 unspecified atom stereocenters. The highest BCUT2D eigenvalue weighted by Gasteiger charge is 2.11. The minimum Gasteiger partial charge on any atom is -0.397 e. The summed E-state index contributed by atoms with van der Waals surface area (Å²) >= 11 is 0. The molecule has 0 saturated carbocycles. The Morgan fingerprint density at radius 2 is 2.05 bits per heavy atom. The molecule has 0 aliphatic heterocycles. The second kappa shape index (κ2) is 8.55. The first-order valence-corrected chi connectivity index (χ1v) is 7.84. The number of rotatable bonds is 8. The van der Waals surface area contributed by atoms with Crippen LogP contribution in [0.2, 0.25) is 0 Å². The summed E-state index contributed by atoms with van der Waals surface area (Å²) in [5, 5.41) is 3.03. The van der Waals surface area contributed by atoms with Gasteiger partial charge in [0.15, 0.2) is 0 Å². The predicted octanol–water partition coefficient (Wildman–Crippen LogP) is 3.28. The highest BCUT2D eigenvalue weighted by molar-refractivity contribution is 5.96. The molecule has 0 saturated heterocycles. The van der Waals surface area contributed by atoms with Crippen molar-refractivity contribution in [1.29, 1.82) is 0 Å². The maximum absolute atomic E-state index is 12.2. The number of anilines is 2. The molecule has 1 amide bonds. The molecule has 3 N–H and O–H groups in total. The molecule has 0 spiro atoms. The first kappa shape index (κ1) is 17.3. The predicted molar refractivity (Wildman–Crippen MR) is 90.8 cm³/mol. The Balaban J connectivity index is 2.61. The summed E-state index contributed by atoms with van der Waals surface area (Å²) in [5.74, 6) is 0.522. The van der Waals surface area contributed by atoms with E-state index in [0.717, 1.165) is 18.7 Å². The Morgan fingerprint density at radius 1 is 1.33 bits per heavy atom. The third kappa shape index (κ3) is 5.29. The zero-order chi connectivity index (χ0) is 15.8. The van der Waals surface area contributed by atoms with E-state index in [0.29, 0.717) is 17.2 Å². The van der Waals surface area contributed by atoms with Crippen LogP contribution < -0.4 is 16.0 Å². The summed E-state index contributed by atoms with van der Waals surface area (Å²) in [6, 6.07) is 5.46. The van der Waals surface area contributed by atoms with Crippen LogP contribution in [0.5, 0.6) is 0 Å². The van der Waals surface area contributed by atoms with Gasteiger partial charge in [0.25, 0.3) is 5.91 Å². The second-order valence-electron chi connectivity index (χ2n) is 5.79. The largest absolute Gasteiger partial charge is 0.397 e. The smallest absolute Gasteiger partial charge is 0.251 e. The van der Waals surface area contributed by atoms with E-state index in [2.05, 4.69) is 19.2 Å². The molecule has 1 aromatic carbocycles. The van der Waals surface area contributed by atoms with E-state index in [1.807, 2.05) is 31.1 Å². The van der Waals surface area contributed by atoms with Crippen molar-refractivity contribution in [2.45, 2.75) is 39.5 Å². The fraction of sp³-hybridized carbons (Fsp3) is 0.588. The first-order chi connectivity index (χ1) is 9.99. The van der Waals surface area contributed by atoms with Crippen LogP contribution in [0.15, 0.2) is 18.2 Å². The minimum absolute atomic E-state index is 0.0399. The van der Waals surface area contributed by atoms with E-state index in [9.17, 15) is 4.79 Å². The van der Waals surface area contributed by atoms with Gasteiger partial charge in [-0.2, -0.15) is 0 Å². The summed E-state index contributed by atoms with van der Waals surface area (Å²) in [6.45, 7) is 5.11. The van der Waals surface area contributed by atoms with Gasteiger partial charge in [-0.25, -0.2) is 0 Å². The lowest BCUT2D eigenvalue weighted by Crippen LogP contribution is -2.29. The zero-order valence-electron chi connectivity index (χ0n) is 13.8. The Kier molecular flexibility index (Phi) is 7.06. The van der Waals surface area contributed by atoms with Gasteiger partial charge >= 0.3 is 0 Å². The van der Waals surface area contributed by atoms with Crippen LogP contribution in [0.1, 0.15) is 49.9 Å². The maximum atomic E-state index is 12.2. The van der Waals surface area contributed by atoms with Gasteiger partial charge in [-0.1, -0.05) is 33.1 Å². The maximum Gasteiger partial charge on any atom is 0.251 e. The molecule has 0 heterocycles. The molecular weight excluding hydrogens is 262 g/mol. The highest BCUT2D eigenvalue weighted by atomic mass is 16.1. The molecule has 1 rings (SSSR count). The molecular formula is C17H29N3O. The molecule has 118 valence electrons. The summed E-state index contributed by atoms with van der Waals surface area (Å²) in [6.07, 6.45) is 4.70. The lowest BCUT2D eigenvalue weighted by molar-refractivity contribution is 0.0946. The molecule has 4 heteroatoms. The monoisotopic (exact) mass is 291 g/mol. The van der Waals surface area contributed by atoms with Gasteiger partial charge in [0.05, 0.1) is 11.4 Å². The van der Waals surface area contributed by atoms with Crippen LogP contribution in [-0.4, -0.2) is 26.5 Å². The molecule has 0 aliphatic rings. The van der Waals surface area contributed by atoms with Gasteiger partial charge in [0.2, 0.25) is 0 Å². The van der Waals surface area contributed by atoms with Crippen LogP contribution in [-0.2, 0) is 0 Å². The van der Waals surface area contributed by atoms with Crippen molar-refractivity contribution in [1.82, 2.24) is 5.32 Å². The van der Waals surface area contributed by atoms with Crippen molar-refractivity contribution >= 4 is 17.3 Å². The van der Waals surface area contributed by atoms with Crippen molar-refractivity contribution in [3.05, 3.63) is 23.8 Å². The fourth-order valence-electron chi connectivity index (χ4n) is 2.39. The van der Waals surface area contributed by atoms with Crippen LogP contribution in [0, 0.1) is 5.92 Å². The van der Waals surface area contributed by atoms with Crippen molar-refractivity contribution in [3.63, 3.8) is 0 Å². The first-order valence-electron chi connectivity index (χ1n) is 7.84. The van der Waals surface area contributed by atoms with Crippen molar-refractivity contribution in [2.75, 3.05) is 31.3 Å². The summed E-state index contributed by atoms with van der Waals surface area (Å²) in [4.78, 5) is 14.1. The van der Waals surface area contributed by atoms with Crippen LogP contribution in [0.25, 0.3) is 0 Å². The zero-order valence-corrected chi connectivity index (χ0v) is 13.8. The van der Waals surface area contributed by atoms with Gasteiger partial charge < -0.3 is 16.0 Å². The van der Waals surface area contributed by atoms with E-state index in [4.69, 9.17) is 5.73 Å². The normalized spacial score (nSPS) is 12.0. The molecule has 1 aromatic rings. The second-order valence-corrected chi connectivity index (χ2v) is 5.79. The van der Waals surface area contributed by atoms with Gasteiger partial charge in [0.1, 0.15) is 0 Å². The van der Waals surface area contributed by atoms with Crippen LogP contribution in [0.4, 0.5) is 11.4 Å². The molecule has 0 aliphatic carbocycles. The van der Waals surface area contributed by atoms with Crippen molar-refractivity contribution < 1.29 is 4.79 Å². The number of hydrogen-bond donors (Lipinski definition) is 2. The number of amides is 1. The molecule has 0 bridgehead atoms. The standard InChI is InChI=1S/C17H29N3O/c1-5-7-8-13(6-2)12-19-17(21)14-9-10-16(20(3)4)15(18)11-14/h9-11,13H,5-8,12,18H2,1-4H3,(H,19,21). The highest BCUT2D eigenvalue weighted by Crippen LogP contribution is 2.22. The molecule has 1 atom stereocenters. The third-order valence-electron chi connectivity index (χ3n) is 3.87. The molecule has 0 fully saturated rings. The van der Waals surface area contributed by atoms with E-state index < -0.39 is 0 Å². The van der Waals surface area contributed by atoms with E-state index in [-0.39, 0.29) is 5.91 Å². The topological polar surface area (TPSA) is 58.4 Å². The number of nitrogens with zero attached hydrogens (tertiary/aromatic N) is 1. The van der Waals surface area contributed by atoms with Crippen molar-refractivity contribution in [3.8, 4) is 0 Å². The Hall–Kier alpha value is -1.71. The van der Waals surface area contributed by atoms with Crippen LogP contribution >= 0.6 is 0 Å². The van der Waals surface area contributed by atoms with Gasteiger partial charge in [-0.3, -0.25) is 4.79 Å². The molecule has 4 nitrogen and oxygen atoms in total. The van der Waals surface area contributed by atoms with Gasteiger partial charge in [-0.05, 0) is 30.5 Å². The number of nitrogen functional groups attached to an aromatic ring is 1. The number of hydrogen-bond acceptors (Lipinski definition) is 3. The van der Waals surface area contributed by atoms with E-state index >= 15 is 0 Å². The fourth-order valence-corrected chi connectivity index (χ4v) is 2.39. The van der Waals surface area contributed by atoms with Gasteiger partial charge in [-0.15, -0.1) is 0 Å². The summed E-state index contributed by atoms with van der Waals surface area (Å²) in [7, 11) is 3.87. The number of benzene rings is 1.